The number of hydrogen-bond donors (Lipinski definition) is 2. The van der Waals surface area contributed by atoms with Crippen LogP contribution in [0.15, 0.2) is 78.4 Å². The number of carbonyl (C=O) groups excluding carboxylic acids is 3. The van der Waals surface area contributed by atoms with Crippen molar-refractivity contribution in [1.82, 2.24) is 0 Å². The van der Waals surface area contributed by atoms with E-state index in [2.05, 4.69) is 0 Å². The van der Waals surface area contributed by atoms with Crippen LogP contribution in [0.2, 0.25) is 0 Å². The SMILES string of the molecule is COC(=O)C1(O)/C(=C(\O)c2ccccc2)C(=O)C(=O)N1c1cccc2ccccc12. The van der Waals surface area contributed by atoms with E-state index in [0.29, 0.717) is 10.3 Å². The average molecular weight is 403 g/mol. The highest BCUT2D eigenvalue weighted by molar-refractivity contribution is 6.54. The molecule has 1 heterocycles. The van der Waals surface area contributed by atoms with E-state index in [9.17, 15) is 24.6 Å². The van der Waals surface area contributed by atoms with Gasteiger partial charge in [0.25, 0.3) is 11.5 Å². The molecule has 1 amide bonds. The monoisotopic (exact) mass is 403 g/mol. The summed E-state index contributed by atoms with van der Waals surface area (Å²) in [7, 11) is 1.02. The van der Waals surface area contributed by atoms with Crippen LogP contribution in [0.5, 0.6) is 0 Å². The van der Waals surface area contributed by atoms with Crippen LogP contribution in [0, 0.1) is 0 Å². The number of ether oxygens (including phenoxy) is 1. The van der Waals surface area contributed by atoms with E-state index in [4.69, 9.17) is 4.74 Å². The summed E-state index contributed by atoms with van der Waals surface area (Å²) in [6, 6.07) is 19.8. The van der Waals surface area contributed by atoms with Crippen molar-refractivity contribution in [3.8, 4) is 0 Å². The maximum Gasteiger partial charge on any atom is 0.365 e. The fraction of sp³-hybridized carbons (Fsp3) is 0.0870. The van der Waals surface area contributed by atoms with E-state index in [0.717, 1.165) is 12.5 Å². The highest BCUT2D eigenvalue weighted by Gasteiger charge is 2.62. The Labute approximate surface area is 171 Å². The number of nitrogens with zero attached hydrogens (tertiary/aromatic N) is 1. The Bertz CT molecular complexity index is 1210. The van der Waals surface area contributed by atoms with Crippen LogP contribution in [0.4, 0.5) is 5.69 Å². The number of anilines is 1. The van der Waals surface area contributed by atoms with Gasteiger partial charge in [0, 0.05) is 10.9 Å². The molecule has 0 saturated carbocycles. The molecule has 7 heteroatoms. The van der Waals surface area contributed by atoms with Crippen molar-refractivity contribution in [2.24, 2.45) is 0 Å². The van der Waals surface area contributed by atoms with Crippen LogP contribution in [-0.4, -0.2) is 40.7 Å². The smallest absolute Gasteiger partial charge is 0.365 e. The highest BCUT2D eigenvalue weighted by Crippen LogP contribution is 2.42. The number of ketones is 1. The number of esters is 1. The summed E-state index contributed by atoms with van der Waals surface area (Å²) in [5, 5.41) is 23.5. The van der Waals surface area contributed by atoms with Gasteiger partial charge < -0.3 is 14.9 Å². The largest absolute Gasteiger partial charge is 0.507 e. The van der Waals surface area contributed by atoms with Gasteiger partial charge in [0.1, 0.15) is 11.3 Å². The summed E-state index contributed by atoms with van der Waals surface area (Å²) in [5.41, 5.74) is -3.29. The molecule has 3 aromatic rings. The molecule has 3 aromatic carbocycles. The van der Waals surface area contributed by atoms with Crippen molar-refractivity contribution in [2.45, 2.75) is 5.72 Å². The minimum atomic E-state index is -2.84. The van der Waals surface area contributed by atoms with Gasteiger partial charge in [0.2, 0.25) is 0 Å². The second-order valence-electron chi connectivity index (χ2n) is 6.72. The Morgan fingerprint density at radius 3 is 2.27 bits per heavy atom. The number of amides is 1. The van der Waals surface area contributed by atoms with Gasteiger partial charge in [0.05, 0.1) is 12.8 Å². The van der Waals surface area contributed by atoms with Gasteiger partial charge >= 0.3 is 11.9 Å². The summed E-state index contributed by atoms with van der Waals surface area (Å²) in [6.45, 7) is 0. The summed E-state index contributed by atoms with van der Waals surface area (Å²) >= 11 is 0. The number of aliphatic hydroxyl groups is 2. The molecule has 1 atom stereocenters. The topological polar surface area (TPSA) is 104 Å². The first-order chi connectivity index (χ1) is 14.4. The normalized spacial score (nSPS) is 20.5. The van der Waals surface area contributed by atoms with Gasteiger partial charge in [-0.3, -0.25) is 14.5 Å². The van der Waals surface area contributed by atoms with Gasteiger partial charge in [-0.25, -0.2) is 4.79 Å². The van der Waals surface area contributed by atoms with E-state index in [1.807, 2.05) is 0 Å². The van der Waals surface area contributed by atoms with E-state index in [1.54, 1.807) is 54.6 Å². The first-order valence-electron chi connectivity index (χ1n) is 9.07. The summed E-state index contributed by atoms with van der Waals surface area (Å²) in [4.78, 5) is 39.3. The van der Waals surface area contributed by atoms with Crippen molar-refractivity contribution < 1.29 is 29.3 Å². The Hall–Kier alpha value is -3.97. The van der Waals surface area contributed by atoms with Gasteiger partial charge in [-0.2, -0.15) is 0 Å². The molecule has 0 radical (unpaired) electrons. The molecule has 0 bridgehead atoms. The van der Waals surface area contributed by atoms with E-state index in [-0.39, 0.29) is 11.3 Å². The molecule has 1 unspecified atom stereocenters. The molecule has 0 spiro atoms. The third-order valence-electron chi connectivity index (χ3n) is 5.06. The predicted octanol–water partition coefficient (Wildman–Crippen LogP) is 2.59. The molecule has 150 valence electrons. The lowest BCUT2D eigenvalue weighted by Crippen LogP contribution is -2.54. The number of aliphatic hydroxyl groups excluding tert-OH is 1. The predicted molar refractivity (Wildman–Crippen MR) is 109 cm³/mol. The standard InChI is InChI=1S/C23H17NO6/c1-30-22(28)23(29)18(19(25)15-9-3-2-4-10-15)20(26)21(27)24(23)17-13-7-11-14-8-5-6-12-16(14)17/h2-13,25,29H,1H3/b19-18-. The molecule has 1 aliphatic heterocycles. The van der Waals surface area contributed by atoms with E-state index < -0.39 is 34.7 Å². The number of fused-ring (bicyclic) bond motifs is 1. The third-order valence-corrected chi connectivity index (χ3v) is 5.06. The minimum Gasteiger partial charge on any atom is -0.507 e. The van der Waals surface area contributed by atoms with Gasteiger partial charge in [-0.05, 0) is 11.5 Å². The van der Waals surface area contributed by atoms with Crippen molar-refractivity contribution in [3.63, 3.8) is 0 Å². The lowest BCUT2D eigenvalue weighted by Gasteiger charge is -2.31. The van der Waals surface area contributed by atoms with Gasteiger partial charge in [-0.1, -0.05) is 66.7 Å². The average Bonchev–Trinajstić information content (AvgIpc) is 2.99. The fourth-order valence-corrected chi connectivity index (χ4v) is 3.66. The zero-order valence-corrected chi connectivity index (χ0v) is 15.9. The minimum absolute atomic E-state index is 0.134. The second kappa shape index (κ2) is 7.13. The maximum atomic E-state index is 13.0. The Morgan fingerprint density at radius 1 is 0.933 bits per heavy atom. The Balaban J connectivity index is 2.03. The number of methoxy groups -OCH3 is 1. The molecule has 7 nitrogen and oxygen atoms in total. The molecule has 30 heavy (non-hydrogen) atoms. The zero-order valence-electron chi connectivity index (χ0n) is 15.9. The number of carbonyl (C=O) groups is 3. The molecule has 0 aromatic heterocycles. The molecule has 1 fully saturated rings. The molecule has 4 rings (SSSR count). The summed E-state index contributed by atoms with van der Waals surface area (Å²) < 4.78 is 4.73. The second-order valence-corrected chi connectivity index (χ2v) is 6.72. The summed E-state index contributed by atoms with van der Waals surface area (Å²) in [6.07, 6.45) is 0. The van der Waals surface area contributed by atoms with Crippen LogP contribution in [-0.2, 0) is 19.1 Å². The fourth-order valence-electron chi connectivity index (χ4n) is 3.66. The number of Topliss-reactive ketones (excluding diaryl/α,β-unsaturated/α-hetero) is 1. The Morgan fingerprint density at radius 2 is 1.57 bits per heavy atom. The molecule has 2 N–H and O–H groups in total. The van der Waals surface area contributed by atoms with Crippen LogP contribution in [0.1, 0.15) is 5.56 Å². The first kappa shape index (κ1) is 19.4. The molecular formula is C23H17NO6. The molecule has 1 saturated heterocycles. The van der Waals surface area contributed by atoms with Crippen LogP contribution < -0.4 is 4.90 Å². The lowest BCUT2D eigenvalue weighted by molar-refractivity contribution is -0.158. The molecular weight excluding hydrogens is 386 g/mol. The van der Waals surface area contributed by atoms with E-state index in [1.165, 1.54) is 18.2 Å². The van der Waals surface area contributed by atoms with Crippen molar-refractivity contribution >= 4 is 39.9 Å². The molecule has 0 aliphatic carbocycles. The molecule has 1 aliphatic rings. The Kier molecular flexibility index (Phi) is 4.60. The van der Waals surface area contributed by atoms with Crippen molar-refractivity contribution in [1.29, 1.82) is 0 Å². The highest BCUT2D eigenvalue weighted by atomic mass is 16.5. The third kappa shape index (κ3) is 2.67. The number of hydrogen-bond acceptors (Lipinski definition) is 6. The lowest BCUT2D eigenvalue weighted by atomic mass is 9.97. The van der Waals surface area contributed by atoms with Crippen LogP contribution >= 0.6 is 0 Å². The van der Waals surface area contributed by atoms with Crippen LogP contribution in [0.25, 0.3) is 16.5 Å². The summed E-state index contributed by atoms with van der Waals surface area (Å²) in [5.74, 6) is -4.30. The maximum absolute atomic E-state index is 13.0. The quantitative estimate of drug-likeness (QED) is 0.302. The first-order valence-corrected chi connectivity index (χ1v) is 9.07. The zero-order chi connectivity index (χ0) is 21.5. The number of rotatable bonds is 3. The van der Waals surface area contributed by atoms with Crippen molar-refractivity contribution in [2.75, 3.05) is 12.0 Å². The van der Waals surface area contributed by atoms with Gasteiger partial charge in [-0.15, -0.1) is 0 Å². The van der Waals surface area contributed by atoms with Gasteiger partial charge in [0.15, 0.2) is 0 Å². The van der Waals surface area contributed by atoms with Crippen LogP contribution in [0.3, 0.4) is 0 Å². The van der Waals surface area contributed by atoms with E-state index >= 15 is 0 Å². The number of benzene rings is 3. The van der Waals surface area contributed by atoms with Crippen molar-refractivity contribution in [3.05, 3.63) is 83.9 Å².